The van der Waals surface area contributed by atoms with Gasteiger partial charge < -0.3 is 4.52 Å². The Labute approximate surface area is 74.1 Å². The summed E-state index contributed by atoms with van der Waals surface area (Å²) in [6, 6.07) is 0. The van der Waals surface area contributed by atoms with Crippen molar-refractivity contribution in [2.24, 2.45) is 5.90 Å². The lowest BCUT2D eigenvalue weighted by Gasteiger charge is -2.10. The summed E-state index contributed by atoms with van der Waals surface area (Å²) in [6.45, 7) is -0.329. The van der Waals surface area contributed by atoms with E-state index in [1.54, 1.807) is 0 Å². The Bertz CT molecular complexity index is 98.2. The molecule has 0 fully saturated rings. The Morgan fingerprint density at radius 1 is 1.50 bits per heavy atom. The molecule has 8 heteroatoms. The quantitative estimate of drug-likeness (QED) is 0.455. The lowest BCUT2D eigenvalue weighted by Crippen LogP contribution is -2.11. The fourth-order valence-corrected chi connectivity index (χ4v) is 0.908. The zero-order valence-electron chi connectivity index (χ0n) is 4.59. The van der Waals surface area contributed by atoms with Crippen LogP contribution in [0.3, 0.4) is 0 Å². The van der Waals surface area contributed by atoms with E-state index >= 15 is 0 Å². The van der Waals surface area contributed by atoms with Gasteiger partial charge in [0.25, 0.3) is 0 Å². The molecule has 2 N–H and O–H groups in total. The number of nitrogens with two attached hydrogens (primary N) is 1. The number of hydrogen-bond donors (Lipinski definition) is 1. The largest absolute Gasteiger partial charge is 0.381 e. The Hall–Kier alpha value is 1.14. The van der Waals surface area contributed by atoms with Gasteiger partial charge in [-0.25, -0.2) is 10.5 Å². The maximum atomic E-state index is 10.3. The zero-order valence-corrected chi connectivity index (χ0v) is 7.75. The molecule has 0 aliphatic carbocycles. The summed E-state index contributed by atoms with van der Waals surface area (Å²) in [4.78, 5) is 10.3. The Morgan fingerprint density at radius 2 is 2.00 bits per heavy atom. The molecule has 0 aromatic carbocycles. The van der Waals surface area contributed by atoms with E-state index in [0.717, 1.165) is 0 Å². The van der Waals surface area contributed by atoms with Crippen molar-refractivity contribution < 1.29 is 14.0 Å². The molecule has 61 valence electrons. The second-order valence-electron chi connectivity index (χ2n) is 1.22. The molecule has 10 heavy (non-hydrogen) atoms. The van der Waals surface area contributed by atoms with Crippen molar-refractivity contribution in [3.05, 3.63) is 0 Å². The van der Waals surface area contributed by atoms with Crippen LogP contribution in [0.4, 0.5) is 0 Å². The number of rotatable bonds is 3. The van der Waals surface area contributed by atoms with Gasteiger partial charge in [-0.2, -0.15) is 0 Å². The van der Waals surface area contributed by atoms with Crippen molar-refractivity contribution in [1.82, 2.24) is 0 Å². The molecular weight excluding hydrogens is 223 g/mol. The lowest BCUT2D eigenvalue weighted by atomic mass is 10.9. The van der Waals surface area contributed by atoms with Crippen molar-refractivity contribution in [1.29, 1.82) is 0 Å². The molecule has 0 saturated heterocycles. The molecule has 1 unspecified atom stereocenters. The highest BCUT2D eigenvalue weighted by molar-refractivity contribution is 7.40. The van der Waals surface area contributed by atoms with E-state index < -0.39 is 12.4 Å². The molecule has 0 saturated carbocycles. The van der Waals surface area contributed by atoms with Crippen LogP contribution in [-0.2, 0) is 14.0 Å². The van der Waals surface area contributed by atoms with Gasteiger partial charge in [0.2, 0.25) is 3.79 Å². The van der Waals surface area contributed by atoms with Crippen LogP contribution < -0.4 is 5.90 Å². The van der Waals surface area contributed by atoms with Crippen LogP contribution in [0, 0.1) is 0 Å². The summed E-state index contributed by atoms with van der Waals surface area (Å²) in [6.07, 6.45) is 0. The van der Waals surface area contributed by atoms with Crippen molar-refractivity contribution in [2.45, 2.75) is 3.79 Å². The molecule has 1 radical (unpaired) electrons. The lowest BCUT2D eigenvalue weighted by molar-refractivity contribution is 0.184. The number of halogens is 3. The third kappa shape index (κ3) is 7.25. The van der Waals surface area contributed by atoms with E-state index in [1.807, 2.05) is 0 Å². The minimum atomic E-state index is -2.37. The van der Waals surface area contributed by atoms with Crippen LogP contribution >= 0.6 is 43.4 Å². The summed E-state index contributed by atoms with van der Waals surface area (Å²) < 4.78 is 6.48. The minimum absolute atomic E-state index is 0.329. The second kappa shape index (κ2) is 4.91. The van der Waals surface area contributed by atoms with Gasteiger partial charge in [-0.05, 0) is 0 Å². The third-order valence-corrected chi connectivity index (χ3v) is 1.26. The molecule has 0 aliphatic heterocycles. The summed E-state index contributed by atoms with van der Waals surface area (Å²) in [5, 5.41) is 0. The second-order valence-corrected chi connectivity index (χ2v) is 4.65. The third-order valence-electron chi connectivity index (χ3n) is 0.420. The van der Waals surface area contributed by atoms with Gasteiger partial charge in [0, 0.05) is 0 Å². The first kappa shape index (κ1) is 11.1. The smallest absolute Gasteiger partial charge is 0.305 e. The molecule has 0 bridgehead atoms. The highest BCUT2D eigenvalue weighted by atomic mass is 35.6. The molecular formula is C2H4Cl3NO3P. The molecule has 0 rings (SSSR count). The molecule has 0 aliphatic rings. The van der Waals surface area contributed by atoms with Gasteiger partial charge in [-0.1, -0.05) is 34.8 Å². The van der Waals surface area contributed by atoms with Gasteiger partial charge in [0.1, 0.15) is 6.61 Å². The Morgan fingerprint density at radius 3 is 2.30 bits per heavy atom. The molecule has 0 amide bonds. The first-order valence-corrected chi connectivity index (χ1v) is 4.22. The Kier molecular flexibility index (Phi) is 5.47. The van der Waals surface area contributed by atoms with E-state index in [9.17, 15) is 4.89 Å². The monoisotopic (exact) mass is 226 g/mol. The summed E-state index contributed by atoms with van der Waals surface area (Å²) in [7, 11) is -2.37. The first-order valence-electron chi connectivity index (χ1n) is 1.99. The van der Waals surface area contributed by atoms with Gasteiger partial charge >= 0.3 is 8.60 Å². The van der Waals surface area contributed by atoms with Crippen LogP contribution in [0.15, 0.2) is 0 Å². The topological polar surface area (TPSA) is 64.4 Å². The molecule has 0 aromatic rings. The maximum Gasteiger partial charge on any atom is 0.381 e. The van der Waals surface area contributed by atoms with Crippen molar-refractivity contribution in [3.8, 4) is 0 Å². The van der Waals surface area contributed by atoms with Gasteiger partial charge in [-0.3, -0.25) is 0 Å². The molecule has 0 heterocycles. The molecule has 0 aromatic heterocycles. The number of alkyl halides is 3. The fraction of sp³-hybridized carbons (Fsp3) is 1.00. The van der Waals surface area contributed by atoms with Gasteiger partial charge in [-0.15, -0.1) is 4.89 Å². The van der Waals surface area contributed by atoms with E-state index in [4.69, 9.17) is 34.8 Å². The van der Waals surface area contributed by atoms with E-state index in [0.29, 0.717) is 0 Å². The highest BCUT2D eigenvalue weighted by Gasteiger charge is 2.22. The van der Waals surface area contributed by atoms with Crippen molar-refractivity contribution in [3.63, 3.8) is 0 Å². The van der Waals surface area contributed by atoms with Gasteiger partial charge in [0.15, 0.2) is 0 Å². The highest BCUT2D eigenvalue weighted by Crippen LogP contribution is 2.36. The average Bonchev–Trinajstić information content (AvgIpc) is 1.81. The van der Waals surface area contributed by atoms with Gasteiger partial charge in [0.05, 0.1) is 0 Å². The maximum absolute atomic E-state index is 10.3. The summed E-state index contributed by atoms with van der Waals surface area (Å²) in [5.74, 6) is 4.46. The predicted molar refractivity (Wildman–Crippen MR) is 39.1 cm³/mol. The average molecular weight is 227 g/mol. The number of hydrogen-bond acceptors (Lipinski definition) is 3. The van der Waals surface area contributed by atoms with E-state index in [1.165, 1.54) is 0 Å². The summed E-state index contributed by atoms with van der Waals surface area (Å²) >= 11 is 15.6. The fourth-order valence-electron chi connectivity index (χ4n) is 0.156. The zero-order chi connectivity index (χ0) is 8.20. The molecule has 0 spiro atoms. The van der Waals surface area contributed by atoms with E-state index in [-0.39, 0.29) is 6.61 Å². The van der Waals surface area contributed by atoms with Crippen LogP contribution in [0.2, 0.25) is 0 Å². The summed E-state index contributed by atoms with van der Waals surface area (Å²) in [5.41, 5.74) is 0. The minimum Gasteiger partial charge on any atom is -0.305 e. The van der Waals surface area contributed by atoms with Crippen molar-refractivity contribution >= 4 is 43.4 Å². The Balaban J connectivity index is 3.36. The van der Waals surface area contributed by atoms with Crippen molar-refractivity contribution in [2.75, 3.05) is 6.61 Å². The SMILES string of the molecule is NOP([O])OCC(Cl)(Cl)Cl. The normalized spacial score (nSPS) is 15.3. The standard InChI is InChI=1S/C2H4Cl3NO3P/c3-2(4,5)1-8-10(7)9-6/h1,6H2. The first-order chi connectivity index (χ1) is 4.45. The molecule has 4 nitrogen and oxygen atoms in total. The van der Waals surface area contributed by atoms with Crippen LogP contribution in [-0.4, -0.2) is 10.4 Å². The van der Waals surface area contributed by atoms with Crippen LogP contribution in [0.5, 0.6) is 0 Å². The van der Waals surface area contributed by atoms with Crippen LogP contribution in [0.1, 0.15) is 0 Å². The predicted octanol–water partition coefficient (Wildman–Crippen LogP) is 1.92. The molecule has 1 atom stereocenters. The van der Waals surface area contributed by atoms with Crippen LogP contribution in [0.25, 0.3) is 0 Å². The van der Waals surface area contributed by atoms with E-state index in [2.05, 4.69) is 15.0 Å².